The minimum atomic E-state index is -3.80. The third kappa shape index (κ3) is 4.62. The highest BCUT2D eigenvalue weighted by Gasteiger charge is 2.32. The van der Waals surface area contributed by atoms with Gasteiger partial charge >= 0.3 is 0 Å². The van der Waals surface area contributed by atoms with E-state index in [4.69, 9.17) is 21.5 Å². The number of halogens is 2. The fourth-order valence-electron chi connectivity index (χ4n) is 3.65. The molecule has 0 aromatic heterocycles. The van der Waals surface area contributed by atoms with Gasteiger partial charge in [-0.1, -0.05) is 23.7 Å². The highest BCUT2D eigenvalue weighted by molar-refractivity contribution is 7.89. The van der Waals surface area contributed by atoms with Gasteiger partial charge in [0, 0.05) is 30.6 Å². The Hall–Kier alpha value is -2.94. The van der Waals surface area contributed by atoms with Gasteiger partial charge < -0.3 is 9.64 Å². The van der Waals surface area contributed by atoms with E-state index >= 15 is 0 Å². The number of rotatable bonds is 5. The van der Waals surface area contributed by atoms with Crippen molar-refractivity contribution in [1.29, 1.82) is 0 Å². The van der Waals surface area contributed by atoms with Crippen molar-refractivity contribution in [2.75, 3.05) is 11.4 Å². The van der Waals surface area contributed by atoms with Crippen LogP contribution in [0.2, 0.25) is 5.02 Å². The van der Waals surface area contributed by atoms with E-state index in [9.17, 15) is 17.6 Å². The van der Waals surface area contributed by atoms with Crippen molar-refractivity contribution >= 4 is 33.2 Å². The number of nitrogens with two attached hydrogens (primary N) is 1. The van der Waals surface area contributed by atoms with Gasteiger partial charge in [-0.3, -0.25) is 4.79 Å². The quantitative estimate of drug-likeness (QED) is 0.578. The minimum absolute atomic E-state index is 0.0171. The van der Waals surface area contributed by atoms with Gasteiger partial charge in [0.2, 0.25) is 15.9 Å². The Balaban J connectivity index is 1.56. The van der Waals surface area contributed by atoms with Crippen LogP contribution in [0, 0.1) is 12.7 Å². The lowest BCUT2D eigenvalue weighted by atomic mass is 9.98. The lowest BCUT2D eigenvalue weighted by Crippen LogP contribution is -2.24. The summed E-state index contributed by atoms with van der Waals surface area (Å²) < 4.78 is 42.4. The second-order valence-corrected chi connectivity index (χ2v) is 9.61. The molecule has 3 aromatic rings. The number of sulfonamides is 1. The first kappa shape index (κ1) is 22.3. The molecule has 9 heteroatoms. The van der Waals surface area contributed by atoms with Gasteiger partial charge in [0.25, 0.3) is 0 Å². The lowest BCUT2D eigenvalue weighted by Gasteiger charge is -2.18. The van der Waals surface area contributed by atoms with E-state index in [1.165, 1.54) is 24.3 Å². The van der Waals surface area contributed by atoms with Gasteiger partial charge in [-0.05, 0) is 60.5 Å². The summed E-state index contributed by atoms with van der Waals surface area (Å²) in [4.78, 5) is 14.2. The first-order valence-electron chi connectivity index (χ1n) is 9.78. The summed E-state index contributed by atoms with van der Waals surface area (Å²) in [5.74, 6) is 0.123. The van der Waals surface area contributed by atoms with Crippen LogP contribution in [0.4, 0.5) is 10.1 Å². The van der Waals surface area contributed by atoms with E-state index in [1.807, 2.05) is 6.07 Å². The molecule has 1 aliphatic heterocycles. The van der Waals surface area contributed by atoms with E-state index in [-0.39, 0.29) is 23.1 Å². The minimum Gasteiger partial charge on any atom is -0.455 e. The molecule has 0 saturated carbocycles. The van der Waals surface area contributed by atoms with Crippen molar-refractivity contribution in [2.24, 2.45) is 5.14 Å². The van der Waals surface area contributed by atoms with E-state index < -0.39 is 15.8 Å². The molecule has 32 heavy (non-hydrogen) atoms. The molecule has 1 aliphatic rings. The number of nitrogens with zero attached hydrogens (tertiary/aromatic N) is 1. The molecule has 3 aromatic carbocycles. The SMILES string of the molecule is Cc1ccc(F)cc1Oc1cc([C@H]2CC(=O)N(c3ccc(S(N)(=O)=O)cc3)C2)ccc1Cl. The van der Waals surface area contributed by atoms with Gasteiger partial charge in [-0.15, -0.1) is 0 Å². The number of aryl methyl sites for hydroxylation is 1. The molecule has 4 rings (SSSR count). The maximum atomic E-state index is 13.6. The van der Waals surface area contributed by atoms with E-state index in [0.717, 1.165) is 11.1 Å². The van der Waals surface area contributed by atoms with Crippen molar-refractivity contribution in [3.63, 3.8) is 0 Å². The summed E-state index contributed by atoms with van der Waals surface area (Å²) in [7, 11) is -3.80. The Morgan fingerprint density at radius 1 is 1.06 bits per heavy atom. The fraction of sp³-hybridized carbons (Fsp3) is 0.174. The number of carbonyl (C=O) groups is 1. The molecule has 0 aliphatic carbocycles. The zero-order chi connectivity index (χ0) is 23.0. The van der Waals surface area contributed by atoms with Crippen LogP contribution in [-0.4, -0.2) is 20.9 Å². The van der Waals surface area contributed by atoms with Crippen LogP contribution in [0.3, 0.4) is 0 Å². The van der Waals surface area contributed by atoms with Crippen molar-refractivity contribution < 1.29 is 22.3 Å². The first-order valence-corrected chi connectivity index (χ1v) is 11.7. The van der Waals surface area contributed by atoms with Crippen LogP contribution in [0.1, 0.15) is 23.5 Å². The molecule has 2 N–H and O–H groups in total. The van der Waals surface area contributed by atoms with Gasteiger partial charge in [0.15, 0.2) is 0 Å². The maximum absolute atomic E-state index is 13.6. The predicted octanol–water partition coefficient (Wildman–Crippen LogP) is 4.75. The van der Waals surface area contributed by atoms with Gasteiger partial charge in [-0.25, -0.2) is 17.9 Å². The maximum Gasteiger partial charge on any atom is 0.238 e. The van der Waals surface area contributed by atoms with Crippen molar-refractivity contribution in [2.45, 2.75) is 24.2 Å². The molecule has 6 nitrogen and oxygen atoms in total. The highest BCUT2D eigenvalue weighted by Crippen LogP contribution is 2.37. The summed E-state index contributed by atoms with van der Waals surface area (Å²) in [6.07, 6.45) is 0.275. The molecular weight excluding hydrogens is 455 g/mol. The van der Waals surface area contributed by atoms with Crippen molar-refractivity contribution in [1.82, 2.24) is 0 Å². The van der Waals surface area contributed by atoms with Crippen LogP contribution >= 0.6 is 11.6 Å². The number of hydrogen-bond acceptors (Lipinski definition) is 4. The fourth-order valence-corrected chi connectivity index (χ4v) is 4.32. The Labute approximate surface area is 190 Å². The van der Waals surface area contributed by atoms with Crippen LogP contribution in [-0.2, 0) is 14.8 Å². The third-order valence-electron chi connectivity index (χ3n) is 5.40. The third-order valence-corrected chi connectivity index (χ3v) is 6.64. The average Bonchev–Trinajstić information content (AvgIpc) is 3.13. The summed E-state index contributed by atoms with van der Waals surface area (Å²) in [6.45, 7) is 2.22. The average molecular weight is 475 g/mol. The van der Waals surface area contributed by atoms with E-state index in [1.54, 1.807) is 42.2 Å². The van der Waals surface area contributed by atoms with Gasteiger partial charge in [0.05, 0.1) is 9.92 Å². The molecule has 0 radical (unpaired) electrons. The Morgan fingerprint density at radius 3 is 2.47 bits per heavy atom. The van der Waals surface area contributed by atoms with Crippen LogP contribution in [0.5, 0.6) is 11.5 Å². The number of anilines is 1. The van der Waals surface area contributed by atoms with Crippen molar-refractivity contribution in [3.8, 4) is 11.5 Å². The molecule has 0 spiro atoms. The van der Waals surface area contributed by atoms with Crippen LogP contribution in [0.25, 0.3) is 0 Å². The number of hydrogen-bond donors (Lipinski definition) is 1. The Bertz CT molecular complexity index is 1300. The zero-order valence-electron chi connectivity index (χ0n) is 17.1. The van der Waals surface area contributed by atoms with Gasteiger partial charge in [0.1, 0.15) is 17.3 Å². The second-order valence-electron chi connectivity index (χ2n) is 7.65. The number of ether oxygens (including phenoxy) is 1. The van der Waals surface area contributed by atoms with Gasteiger partial charge in [-0.2, -0.15) is 0 Å². The summed E-state index contributed by atoms with van der Waals surface area (Å²) in [5, 5.41) is 5.51. The predicted molar refractivity (Wildman–Crippen MR) is 120 cm³/mol. The molecule has 1 heterocycles. The Kier molecular flexibility index (Phi) is 5.94. The molecule has 0 unspecified atom stereocenters. The number of carbonyl (C=O) groups excluding carboxylic acids is 1. The monoisotopic (exact) mass is 474 g/mol. The molecule has 1 atom stereocenters. The standard InChI is InChI=1S/C23H20ClFN2O4S/c1-14-2-4-17(25)12-21(14)31-22-10-15(3-9-20(22)24)16-11-23(28)27(13-16)18-5-7-19(8-6-18)32(26,29)30/h2-10,12,16H,11,13H2,1H3,(H2,26,29,30)/t16-/m0/s1. The lowest BCUT2D eigenvalue weighted by molar-refractivity contribution is -0.117. The number of amides is 1. The number of benzene rings is 3. The molecule has 0 bridgehead atoms. The molecular formula is C23H20ClFN2O4S. The molecule has 1 fully saturated rings. The highest BCUT2D eigenvalue weighted by atomic mass is 35.5. The topological polar surface area (TPSA) is 89.7 Å². The Morgan fingerprint density at radius 2 is 1.78 bits per heavy atom. The van der Waals surface area contributed by atoms with Crippen molar-refractivity contribution in [3.05, 3.63) is 82.6 Å². The van der Waals surface area contributed by atoms with E-state index in [2.05, 4.69) is 0 Å². The molecule has 1 amide bonds. The normalized spacial score (nSPS) is 16.4. The van der Waals surface area contributed by atoms with Crippen LogP contribution in [0.15, 0.2) is 65.6 Å². The number of primary sulfonamides is 1. The largest absolute Gasteiger partial charge is 0.455 e. The summed E-state index contributed by atoms with van der Waals surface area (Å²) >= 11 is 6.29. The zero-order valence-corrected chi connectivity index (χ0v) is 18.7. The van der Waals surface area contributed by atoms with Crippen LogP contribution < -0.4 is 14.8 Å². The molecule has 166 valence electrons. The molecule has 1 saturated heterocycles. The summed E-state index contributed by atoms with van der Waals surface area (Å²) in [6, 6.07) is 15.4. The van der Waals surface area contributed by atoms with E-state index in [0.29, 0.717) is 28.8 Å². The summed E-state index contributed by atoms with van der Waals surface area (Å²) in [5.41, 5.74) is 2.21. The first-order chi connectivity index (χ1) is 15.1. The smallest absolute Gasteiger partial charge is 0.238 e. The second kappa shape index (κ2) is 8.54.